The fourth-order valence-electron chi connectivity index (χ4n) is 1.71. The predicted molar refractivity (Wildman–Crippen MR) is 88.9 cm³/mol. The van der Waals surface area contributed by atoms with Crippen LogP contribution in [0.25, 0.3) is 0 Å². The van der Waals surface area contributed by atoms with Crippen molar-refractivity contribution in [2.75, 3.05) is 5.32 Å². The van der Waals surface area contributed by atoms with E-state index in [-0.39, 0.29) is 5.91 Å². The highest BCUT2D eigenvalue weighted by molar-refractivity contribution is 5.96. The van der Waals surface area contributed by atoms with E-state index in [1.807, 2.05) is 27.7 Å². The minimum Gasteiger partial charge on any atom is -0.332 e. The first-order valence-electron chi connectivity index (χ1n) is 7.49. The molecule has 1 aromatic rings. The molecule has 1 rings (SSSR count). The number of hydrogen-bond acceptors (Lipinski definition) is 3. The molecule has 0 saturated heterocycles. The molecule has 0 bridgehead atoms. The summed E-state index contributed by atoms with van der Waals surface area (Å²) < 4.78 is 0. The molecule has 23 heavy (non-hydrogen) atoms. The van der Waals surface area contributed by atoms with E-state index in [1.165, 1.54) is 0 Å². The van der Waals surface area contributed by atoms with Gasteiger partial charge in [-0.05, 0) is 51.5 Å². The van der Waals surface area contributed by atoms with Crippen molar-refractivity contribution in [1.29, 1.82) is 0 Å². The molecule has 0 aliphatic heterocycles. The second-order valence-corrected chi connectivity index (χ2v) is 6.16. The van der Waals surface area contributed by atoms with Gasteiger partial charge in [0.1, 0.15) is 0 Å². The Labute approximate surface area is 136 Å². The Balaban J connectivity index is 2.51. The topological polar surface area (TPSA) is 99.3 Å². The van der Waals surface area contributed by atoms with Gasteiger partial charge in [-0.15, -0.1) is 0 Å². The van der Waals surface area contributed by atoms with E-state index in [2.05, 4.69) is 21.5 Å². The highest BCUT2D eigenvalue weighted by Crippen LogP contribution is 2.10. The number of amides is 4. The summed E-state index contributed by atoms with van der Waals surface area (Å²) in [5.74, 6) is -0.509. The number of carbonyl (C=O) groups excluding carboxylic acids is 3. The van der Waals surface area contributed by atoms with E-state index >= 15 is 0 Å². The van der Waals surface area contributed by atoms with Gasteiger partial charge in [-0.1, -0.05) is 6.92 Å². The van der Waals surface area contributed by atoms with Crippen LogP contribution in [0.15, 0.2) is 24.3 Å². The molecule has 0 unspecified atom stereocenters. The second-order valence-electron chi connectivity index (χ2n) is 6.16. The van der Waals surface area contributed by atoms with E-state index in [9.17, 15) is 14.4 Å². The predicted octanol–water partition coefficient (Wildman–Crippen LogP) is 2.17. The first kappa shape index (κ1) is 18.5. The fourth-order valence-corrected chi connectivity index (χ4v) is 1.71. The molecule has 7 nitrogen and oxygen atoms in total. The monoisotopic (exact) mass is 320 g/mol. The van der Waals surface area contributed by atoms with Crippen molar-refractivity contribution in [2.24, 2.45) is 0 Å². The van der Waals surface area contributed by atoms with Crippen molar-refractivity contribution in [3.63, 3.8) is 0 Å². The Kier molecular flexibility index (Phi) is 6.56. The van der Waals surface area contributed by atoms with E-state index in [4.69, 9.17) is 0 Å². The molecule has 7 heteroatoms. The summed E-state index contributed by atoms with van der Waals surface area (Å²) in [5.41, 5.74) is 5.19. The number of rotatable bonds is 4. The minimum atomic E-state index is -0.491. The molecule has 4 N–H and O–H groups in total. The number of benzene rings is 1. The largest absolute Gasteiger partial charge is 0.333 e. The molecule has 0 radical (unpaired) electrons. The lowest BCUT2D eigenvalue weighted by molar-refractivity contribution is -0.116. The lowest BCUT2D eigenvalue weighted by atomic mass is 10.1. The van der Waals surface area contributed by atoms with Crippen LogP contribution in [0.1, 0.15) is 50.9 Å². The Morgan fingerprint density at radius 2 is 1.61 bits per heavy atom. The zero-order valence-corrected chi connectivity index (χ0v) is 13.9. The maximum atomic E-state index is 11.9. The van der Waals surface area contributed by atoms with Crippen LogP contribution in [-0.4, -0.2) is 23.4 Å². The Bertz CT molecular complexity index is 562. The maximum Gasteiger partial charge on any atom is 0.333 e. The molecule has 0 spiro atoms. The summed E-state index contributed by atoms with van der Waals surface area (Å²) in [6.45, 7) is 7.43. The van der Waals surface area contributed by atoms with Gasteiger partial charge >= 0.3 is 6.03 Å². The van der Waals surface area contributed by atoms with Gasteiger partial charge in [-0.2, -0.15) is 0 Å². The number of urea groups is 1. The summed E-state index contributed by atoms with van der Waals surface area (Å²) in [5, 5.41) is 5.39. The van der Waals surface area contributed by atoms with Crippen molar-refractivity contribution >= 4 is 23.5 Å². The van der Waals surface area contributed by atoms with Crippen molar-refractivity contribution in [3.05, 3.63) is 29.8 Å². The quantitative estimate of drug-likeness (QED) is 0.640. The van der Waals surface area contributed by atoms with Gasteiger partial charge in [0.05, 0.1) is 0 Å². The van der Waals surface area contributed by atoms with Crippen molar-refractivity contribution in [1.82, 2.24) is 16.2 Å². The third-order valence-electron chi connectivity index (χ3n) is 2.69. The Morgan fingerprint density at radius 1 is 1.00 bits per heavy atom. The minimum absolute atomic E-state index is 0.0646. The Hall–Kier alpha value is -2.57. The van der Waals surface area contributed by atoms with Crippen LogP contribution in [0.5, 0.6) is 0 Å². The third-order valence-corrected chi connectivity index (χ3v) is 2.69. The maximum absolute atomic E-state index is 11.9. The van der Waals surface area contributed by atoms with Crippen LogP contribution in [0.4, 0.5) is 10.5 Å². The van der Waals surface area contributed by atoms with Crippen LogP contribution in [0, 0.1) is 0 Å². The van der Waals surface area contributed by atoms with Crippen molar-refractivity contribution in [2.45, 2.75) is 46.1 Å². The SMILES string of the molecule is CCCC(=O)Nc1ccc(C(=O)NNC(=O)NC(C)(C)C)cc1. The molecule has 0 heterocycles. The van der Waals surface area contributed by atoms with Gasteiger partial charge < -0.3 is 10.6 Å². The second kappa shape index (κ2) is 8.17. The molecule has 0 aliphatic carbocycles. The molecule has 0 aliphatic rings. The summed E-state index contributed by atoms with van der Waals surface area (Å²) in [6, 6.07) is 5.92. The first-order valence-corrected chi connectivity index (χ1v) is 7.49. The molecular formula is C16H24N4O3. The van der Waals surface area contributed by atoms with Gasteiger partial charge in [-0.25, -0.2) is 10.2 Å². The molecule has 126 valence electrons. The molecule has 4 amide bonds. The summed E-state index contributed by atoms with van der Waals surface area (Å²) in [4.78, 5) is 34.9. The highest BCUT2D eigenvalue weighted by Gasteiger charge is 2.14. The van der Waals surface area contributed by atoms with Gasteiger partial charge in [0, 0.05) is 23.2 Å². The zero-order valence-electron chi connectivity index (χ0n) is 13.9. The van der Waals surface area contributed by atoms with Crippen molar-refractivity contribution in [3.8, 4) is 0 Å². The standard InChI is InChI=1S/C16H24N4O3/c1-5-6-13(21)17-12-9-7-11(8-10-12)14(22)19-20-15(23)18-16(2,3)4/h7-10H,5-6H2,1-4H3,(H,17,21)(H,19,22)(H2,18,20,23). The third kappa shape index (κ3) is 7.30. The summed E-state index contributed by atoms with van der Waals surface area (Å²) >= 11 is 0. The smallest absolute Gasteiger partial charge is 0.332 e. The average Bonchev–Trinajstić information content (AvgIpc) is 2.44. The van der Waals surface area contributed by atoms with Crippen LogP contribution < -0.4 is 21.5 Å². The number of nitrogens with one attached hydrogen (secondary N) is 4. The van der Waals surface area contributed by atoms with Crippen LogP contribution in [-0.2, 0) is 4.79 Å². The van der Waals surface area contributed by atoms with E-state index < -0.39 is 17.5 Å². The first-order chi connectivity index (χ1) is 10.7. The molecule has 0 atom stereocenters. The van der Waals surface area contributed by atoms with Gasteiger partial charge in [0.2, 0.25) is 5.91 Å². The Morgan fingerprint density at radius 3 is 2.13 bits per heavy atom. The fraction of sp³-hybridized carbons (Fsp3) is 0.438. The summed E-state index contributed by atoms with van der Waals surface area (Å²) in [7, 11) is 0. The summed E-state index contributed by atoms with van der Waals surface area (Å²) in [6.07, 6.45) is 1.23. The molecule has 1 aromatic carbocycles. The zero-order chi connectivity index (χ0) is 17.5. The van der Waals surface area contributed by atoms with E-state index in [1.54, 1.807) is 24.3 Å². The average molecular weight is 320 g/mol. The van der Waals surface area contributed by atoms with Crippen molar-refractivity contribution < 1.29 is 14.4 Å². The highest BCUT2D eigenvalue weighted by atomic mass is 16.2. The van der Waals surface area contributed by atoms with Crippen LogP contribution in [0.3, 0.4) is 0 Å². The molecule has 0 aromatic heterocycles. The lowest BCUT2D eigenvalue weighted by Crippen LogP contribution is -2.52. The van der Waals surface area contributed by atoms with E-state index in [0.29, 0.717) is 17.7 Å². The number of hydrazine groups is 1. The number of anilines is 1. The van der Waals surface area contributed by atoms with Crippen LogP contribution in [0.2, 0.25) is 0 Å². The van der Waals surface area contributed by atoms with Gasteiger partial charge in [-0.3, -0.25) is 15.0 Å². The number of hydrogen-bond donors (Lipinski definition) is 4. The molecule has 0 fully saturated rings. The molecule has 0 saturated carbocycles. The van der Waals surface area contributed by atoms with E-state index in [0.717, 1.165) is 6.42 Å². The van der Waals surface area contributed by atoms with Gasteiger partial charge in [0.25, 0.3) is 5.91 Å². The lowest BCUT2D eigenvalue weighted by Gasteiger charge is -2.20. The molecular weight excluding hydrogens is 296 g/mol. The van der Waals surface area contributed by atoms with Gasteiger partial charge in [0.15, 0.2) is 0 Å². The number of carbonyl (C=O) groups is 3. The van der Waals surface area contributed by atoms with Crippen LogP contribution >= 0.6 is 0 Å². The normalized spacial score (nSPS) is 10.6.